The fourth-order valence-corrected chi connectivity index (χ4v) is 2.51. The number of hydrogen-bond acceptors (Lipinski definition) is 2. The first-order chi connectivity index (χ1) is 10.1. The Balaban J connectivity index is 2.16. The number of benzene rings is 2. The van der Waals surface area contributed by atoms with Crippen LogP contribution in [0.4, 0.5) is 0 Å². The van der Waals surface area contributed by atoms with Crippen LogP contribution in [0.3, 0.4) is 0 Å². The third-order valence-corrected chi connectivity index (χ3v) is 3.75. The van der Waals surface area contributed by atoms with Gasteiger partial charge in [-0.1, -0.05) is 53.5 Å². The second kappa shape index (κ2) is 7.83. The lowest BCUT2D eigenvalue weighted by Gasteiger charge is -2.14. The average molecular weight is 369 g/mol. The van der Waals surface area contributed by atoms with Crippen molar-refractivity contribution < 1.29 is 4.74 Å². The second-order valence-corrected chi connectivity index (χ2v) is 6.63. The number of ether oxygens (including phenoxy) is 1. The van der Waals surface area contributed by atoms with Crippen LogP contribution in [0.2, 0.25) is 5.02 Å². The van der Waals surface area contributed by atoms with E-state index in [0.717, 1.165) is 28.9 Å². The molecule has 0 bridgehead atoms. The van der Waals surface area contributed by atoms with Crippen LogP contribution in [0.5, 0.6) is 11.5 Å². The number of nitrogens with one attached hydrogen (secondary N) is 1. The van der Waals surface area contributed by atoms with Crippen LogP contribution in [0.1, 0.15) is 19.4 Å². The summed E-state index contributed by atoms with van der Waals surface area (Å²) in [4.78, 5) is 0. The van der Waals surface area contributed by atoms with Gasteiger partial charge in [-0.05, 0) is 42.8 Å². The summed E-state index contributed by atoms with van der Waals surface area (Å²) in [7, 11) is 0. The fourth-order valence-electron chi connectivity index (χ4n) is 1.93. The van der Waals surface area contributed by atoms with Crippen LogP contribution in [-0.2, 0) is 6.54 Å². The van der Waals surface area contributed by atoms with E-state index < -0.39 is 0 Å². The quantitative estimate of drug-likeness (QED) is 0.712. The molecule has 0 spiro atoms. The SMILES string of the molecule is CC(C)CNCc1cc(Br)ccc1Oc1ccccc1Cl. The van der Waals surface area contributed by atoms with E-state index in [9.17, 15) is 0 Å². The van der Waals surface area contributed by atoms with E-state index in [2.05, 4.69) is 41.2 Å². The monoisotopic (exact) mass is 367 g/mol. The van der Waals surface area contributed by atoms with Crippen LogP contribution in [0.25, 0.3) is 0 Å². The fraction of sp³-hybridized carbons (Fsp3) is 0.294. The molecule has 2 aromatic rings. The van der Waals surface area contributed by atoms with E-state index in [1.54, 1.807) is 0 Å². The highest BCUT2D eigenvalue weighted by atomic mass is 79.9. The van der Waals surface area contributed by atoms with Crippen molar-refractivity contribution in [2.45, 2.75) is 20.4 Å². The van der Waals surface area contributed by atoms with Gasteiger partial charge in [0, 0.05) is 16.6 Å². The summed E-state index contributed by atoms with van der Waals surface area (Å²) in [6.07, 6.45) is 0. The highest BCUT2D eigenvalue weighted by molar-refractivity contribution is 9.10. The van der Waals surface area contributed by atoms with E-state index in [1.165, 1.54) is 0 Å². The molecule has 0 fully saturated rings. The van der Waals surface area contributed by atoms with Gasteiger partial charge in [0.15, 0.2) is 0 Å². The van der Waals surface area contributed by atoms with E-state index in [4.69, 9.17) is 16.3 Å². The van der Waals surface area contributed by atoms with Crippen LogP contribution in [0, 0.1) is 5.92 Å². The van der Waals surface area contributed by atoms with E-state index in [0.29, 0.717) is 16.7 Å². The summed E-state index contributed by atoms with van der Waals surface area (Å²) in [6, 6.07) is 13.5. The molecule has 112 valence electrons. The molecule has 4 heteroatoms. The lowest BCUT2D eigenvalue weighted by atomic mass is 10.2. The number of hydrogen-bond donors (Lipinski definition) is 1. The average Bonchev–Trinajstić information content (AvgIpc) is 2.43. The highest BCUT2D eigenvalue weighted by Crippen LogP contribution is 2.32. The van der Waals surface area contributed by atoms with Gasteiger partial charge in [0.05, 0.1) is 5.02 Å². The molecule has 0 aliphatic rings. The zero-order valence-corrected chi connectivity index (χ0v) is 14.5. The Bertz CT molecular complexity index is 601. The Kier molecular flexibility index (Phi) is 6.09. The van der Waals surface area contributed by atoms with Gasteiger partial charge in [0.25, 0.3) is 0 Å². The predicted octanol–water partition coefficient (Wildman–Crippen LogP) is 5.64. The Morgan fingerprint density at radius 2 is 1.90 bits per heavy atom. The van der Waals surface area contributed by atoms with Gasteiger partial charge in [-0.3, -0.25) is 0 Å². The van der Waals surface area contributed by atoms with E-state index in [1.807, 2.05) is 36.4 Å². The smallest absolute Gasteiger partial charge is 0.146 e. The summed E-state index contributed by atoms with van der Waals surface area (Å²) >= 11 is 9.66. The van der Waals surface area contributed by atoms with Crippen molar-refractivity contribution in [1.29, 1.82) is 0 Å². The zero-order chi connectivity index (χ0) is 15.2. The van der Waals surface area contributed by atoms with Gasteiger partial charge < -0.3 is 10.1 Å². The molecule has 0 aromatic heterocycles. The van der Waals surface area contributed by atoms with Crippen LogP contribution in [-0.4, -0.2) is 6.54 Å². The van der Waals surface area contributed by atoms with Crippen molar-refractivity contribution >= 4 is 27.5 Å². The van der Waals surface area contributed by atoms with Gasteiger partial charge in [-0.15, -0.1) is 0 Å². The molecule has 2 nitrogen and oxygen atoms in total. The molecule has 0 saturated carbocycles. The topological polar surface area (TPSA) is 21.3 Å². The van der Waals surface area contributed by atoms with Gasteiger partial charge >= 0.3 is 0 Å². The van der Waals surface area contributed by atoms with Crippen LogP contribution < -0.4 is 10.1 Å². The molecular formula is C17H19BrClNO. The first kappa shape index (κ1) is 16.3. The molecule has 0 radical (unpaired) electrons. The Morgan fingerprint density at radius 1 is 1.14 bits per heavy atom. The molecule has 0 unspecified atom stereocenters. The molecule has 21 heavy (non-hydrogen) atoms. The minimum atomic E-state index is 0.613. The second-order valence-electron chi connectivity index (χ2n) is 5.31. The Labute approximate surface area is 139 Å². The first-order valence-corrected chi connectivity index (χ1v) is 8.15. The van der Waals surface area contributed by atoms with Crippen molar-refractivity contribution in [3.63, 3.8) is 0 Å². The Hall–Kier alpha value is -1.03. The van der Waals surface area contributed by atoms with Gasteiger partial charge in [-0.2, -0.15) is 0 Å². The van der Waals surface area contributed by atoms with Crippen molar-refractivity contribution in [3.8, 4) is 11.5 Å². The Morgan fingerprint density at radius 3 is 2.62 bits per heavy atom. The van der Waals surface area contributed by atoms with Gasteiger partial charge in [0.2, 0.25) is 0 Å². The molecule has 1 N–H and O–H groups in total. The summed E-state index contributed by atoms with van der Waals surface area (Å²) in [5.74, 6) is 2.11. The zero-order valence-electron chi connectivity index (χ0n) is 12.2. The third-order valence-electron chi connectivity index (χ3n) is 2.95. The molecular weight excluding hydrogens is 350 g/mol. The molecule has 0 aliphatic heterocycles. The van der Waals surface area contributed by atoms with E-state index in [-0.39, 0.29) is 0 Å². The molecule has 0 amide bonds. The minimum absolute atomic E-state index is 0.613. The summed E-state index contributed by atoms with van der Waals surface area (Å²) < 4.78 is 7.00. The molecule has 0 atom stereocenters. The number of para-hydroxylation sites is 1. The highest BCUT2D eigenvalue weighted by Gasteiger charge is 2.08. The van der Waals surface area contributed by atoms with Crippen LogP contribution in [0.15, 0.2) is 46.9 Å². The molecule has 0 aliphatic carbocycles. The van der Waals surface area contributed by atoms with Crippen molar-refractivity contribution in [1.82, 2.24) is 5.32 Å². The largest absolute Gasteiger partial charge is 0.455 e. The van der Waals surface area contributed by atoms with Crippen molar-refractivity contribution in [2.75, 3.05) is 6.54 Å². The predicted molar refractivity (Wildman–Crippen MR) is 92.2 cm³/mol. The van der Waals surface area contributed by atoms with Gasteiger partial charge in [0.1, 0.15) is 11.5 Å². The maximum atomic E-state index is 6.15. The first-order valence-electron chi connectivity index (χ1n) is 6.98. The van der Waals surface area contributed by atoms with Gasteiger partial charge in [-0.25, -0.2) is 0 Å². The molecule has 2 aromatic carbocycles. The maximum Gasteiger partial charge on any atom is 0.146 e. The molecule has 0 heterocycles. The van der Waals surface area contributed by atoms with Crippen molar-refractivity contribution in [2.24, 2.45) is 5.92 Å². The standard InChI is InChI=1S/C17H19BrClNO/c1-12(2)10-20-11-13-9-14(18)7-8-16(13)21-17-6-4-3-5-15(17)19/h3-9,12,20H,10-11H2,1-2H3. The maximum absolute atomic E-state index is 6.15. The third kappa shape index (κ3) is 5.03. The minimum Gasteiger partial charge on any atom is -0.455 e. The van der Waals surface area contributed by atoms with Crippen LogP contribution >= 0.6 is 27.5 Å². The number of halogens is 2. The lowest BCUT2D eigenvalue weighted by Crippen LogP contribution is -2.19. The van der Waals surface area contributed by atoms with Crippen molar-refractivity contribution in [3.05, 3.63) is 57.5 Å². The summed E-state index contributed by atoms with van der Waals surface area (Å²) in [5.41, 5.74) is 1.10. The van der Waals surface area contributed by atoms with E-state index >= 15 is 0 Å². The number of rotatable bonds is 6. The normalized spacial score (nSPS) is 10.9. The lowest BCUT2D eigenvalue weighted by molar-refractivity contribution is 0.469. The summed E-state index contributed by atoms with van der Waals surface area (Å²) in [5, 5.41) is 4.05. The molecule has 0 saturated heterocycles. The molecule has 2 rings (SSSR count). The summed E-state index contributed by atoms with van der Waals surface area (Å²) in [6.45, 7) is 6.11.